The van der Waals surface area contributed by atoms with Crippen molar-refractivity contribution in [3.8, 4) is 0 Å². The van der Waals surface area contributed by atoms with Gasteiger partial charge in [-0.2, -0.15) is 35.4 Å². The van der Waals surface area contributed by atoms with Crippen molar-refractivity contribution in [3.05, 3.63) is 47.5 Å². The van der Waals surface area contributed by atoms with Crippen LogP contribution in [-0.2, 0) is 38.7 Å². The van der Waals surface area contributed by atoms with Gasteiger partial charge in [-0.25, -0.2) is 22.5 Å². The fourth-order valence-electron chi connectivity index (χ4n) is 4.17. The molecule has 2 heterocycles. The van der Waals surface area contributed by atoms with Crippen molar-refractivity contribution in [2.45, 2.75) is 76.8 Å². The van der Waals surface area contributed by atoms with Gasteiger partial charge in [-0.15, -0.1) is 0 Å². The van der Waals surface area contributed by atoms with Crippen molar-refractivity contribution in [2.75, 3.05) is 0 Å². The van der Waals surface area contributed by atoms with E-state index in [1.165, 1.54) is 61.0 Å². The number of hydrogen-bond acceptors (Lipinski definition) is 0. The molecule has 0 atom stereocenters. The van der Waals surface area contributed by atoms with Crippen LogP contribution in [-0.4, -0.2) is 16.1 Å². The van der Waals surface area contributed by atoms with Crippen LogP contribution in [0.15, 0.2) is 36.4 Å². The molecule has 2 fully saturated rings. The molecule has 2 aromatic rings. The Morgan fingerprint density at radius 3 is 1.26 bits per heavy atom. The van der Waals surface area contributed by atoms with Gasteiger partial charge in [0.05, 0.1) is 0 Å². The van der Waals surface area contributed by atoms with E-state index in [4.69, 9.17) is 0 Å². The second-order valence-corrected chi connectivity index (χ2v) is 17.9. The molecule has 4 rings (SSSR count). The largest absolute Gasteiger partial charge is 4.00 e. The first-order valence-corrected chi connectivity index (χ1v) is 15.8. The molecule has 2 aromatic carbocycles. The van der Waals surface area contributed by atoms with Crippen LogP contribution in [0.25, 0.3) is 0 Å². The van der Waals surface area contributed by atoms with Crippen molar-refractivity contribution in [3.63, 3.8) is 0 Å². The van der Waals surface area contributed by atoms with E-state index in [2.05, 4.69) is 63.3 Å². The summed E-state index contributed by atoms with van der Waals surface area (Å²) in [5.41, 5.74) is 3.07. The second kappa shape index (κ2) is 11.7. The van der Waals surface area contributed by atoms with E-state index in [1.54, 1.807) is 10.4 Å². The van der Waals surface area contributed by atoms with E-state index in [1.807, 2.05) is 0 Å². The van der Waals surface area contributed by atoms with Crippen LogP contribution in [0.1, 0.15) is 37.8 Å². The van der Waals surface area contributed by atoms with E-state index in [0.29, 0.717) is 0 Å². The molecule has 0 radical (unpaired) electrons. The van der Waals surface area contributed by atoms with Gasteiger partial charge in [0, 0.05) is 16.1 Å². The third-order valence-corrected chi connectivity index (χ3v) is 16.0. The molecule has 0 aliphatic carbocycles. The van der Waals surface area contributed by atoms with Gasteiger partial charge in [0.15, 0.2) is 0 Å². The van der Waals surface area contributed by atoms with Crippen molar-refractivity contribution >= 4 is 26.5 Å². The summed E-state index contributed by atoms with van der Waals surface area (Å²) in [6.07, 6.45) is 5.36. The van der Waals surface area contributed by atoms with Crippen LogP contribution < -0.4 is 35.2 Å². The average molecular weight is 604 g/mol. The molecule has 2 aliphatic heterocycles. The van der Waals surface area contributed by atoms with Gasteiger partial charge in [-0.05, 0) is 0 Å². The molecule has 2 saturated heterocycles. The normalized spacial score (nSPS) is 18.2. The second-order valence-electron chi connectivity index (χ2n) is 8.55. The Kier molecular flexibility index (Phi) is 11.9. The zero-order valence-electron chi connectivity index (χ0n) is 17.4. The van der Waals surface area contributed by atoms with Gasteiger partial charge >= 0.3 is 25.8 Å². The van der Waals surface area contributed by atoms with Crippen molar-refractivity contribution in [1.29, 1.82) is 0 Å². The van der Waals surface area contributed by atoms with Gasteiger partial charge in [0.25, 0.3) is 0 Å². The van der Waals surface area contributed by atoms with Crippen LogP contribution in [0, 0.1) is 0 Å². The van der Waals surface area contributed by atoms with Crippen molar-refractivity contribution < 1.29 is 50.7 Å². The summed E-state index contributed by atoms with van der Waals surface area (Å²) in [5, 5.41) is 3.43. The van der Waals surface area contributed by atoms with E-state index >= 15 is 0 Å². The molecule has 0 nitrogen and oxygen atoms in total. The van der Waals surface area contributed by atoms with Crippen molar-refractivity contribution in [1.82, 2.24) is 0 Å². The molecule has 0 unspecified atom stereocenters. The monoisotopic (exact) mass is 604 g/mol. The summed E-state index contributed by atoms with van der Waals surface area (Å²) >= 11 is 0. The first-order chi connectivity index (χ1) is 11.5. The van der Waals surface area contributed by atoms with Gasteiger partial charge in [-0.1, -0.05) is 76.8 Å². The predicted molar refractivity (Wildman–Crippen MR) is 114 cm³/mol. The van der Waals surface area contributed by atoms with Crippen LogP contribution in [0.4, 0.5) is 0 Å². The van der Waals surface area contributed by atoms with Crippen LogP contribution in [0.5, 0.6) is 0 Å². The molecule has 148 valence electrons. The Morgan fingerprint density at radius 1 is 0.741 bits per heavy atom. The minimum Gasteiger partial charge on any atom is -1.00 e. The number of aryl methyl sites for hydroxylation is 2. The van der Waals surface area contributed by atoms with Crippen LogP contribution in [0.3, 0.4) is 0 Å². The summed E-state index contributed by atoms with van der Waals surface area (Å²) in [6, 6.07) is 20.4. The molecule has 0 saturated carbocycles. The van der Waals surface area contributed by atoms with E-state index < -0.39 is 16.1 Å². The standard InChI is InChI=1S/2C11H17Si.2ClH.Hf/c2*1-3-10-5-6-11(9-10)12(2)7-4-8-12;;;/h2*5-6,9H,3-4,7-8H2,1-2H3;2*1H;/q2*-1;;;+4/p-2. The van der Waals surface area contributed by atoms with Gasteiger partial charge < -0.3 is 24.8 Å². The zero-order valence-corrected chi connectivity index (χ0v) is 24.5. The summed E-state index contributed by atoms with van der Waals surface area (Å²) in [5.74, 6) is 0. The third kappa shape index (κ3) is 6.28. The van der Waals surface area contributed by atoms with Crippen LogP contribution >= 0.6 is 0 Å². The van der Waals surface area contributed by atoms with E-state index in [-0.39, 0.29) is 50.7 Å². The Hall–Kier alpha value is 0.584. The Morgan fingerprint density at radius 2 is 1.07 bits per heavy atom. The van der Waals surface area contributed by atoms with E-state index in [0.717, 1.165) is 0 Å². The molecule has 0 N–H and O–H groups in total. The maximum absolute atomic E-state index is 2.53. The molecule has 0 bridgehead atoms. The maximum Gasteiger partial charge on any atom is 4.00 e. The third-order valence-electron chi connectivity index (χ3n) is 6.76. The fraction of sp³-hybridized carbons (Fsp3) is 0.545. The minimum absolute atomic E-state index is 0. The molecule has 0 spiro atoms. The van der Waals surface area contributed by atoms with Crippen molar-refractivity contribution in [2.24, 2.45) is 0 Å². The first kappa shape index (κ1) is 27.6. The van der Waals surface area contributed by atoms with Gasteiger partial charge in [0.2, 0.25) is 0 Å². The summed E-state index contributed by atoms with van der Waals surface area (Å²) in [4.78, 5) is 0. The van der Waals surface area contributed by atoms with Crippen LogP contribution in [0.2, 0.25) is 37.3 Å². The quantitative estimate of drug-likeness (QED) is 0.321. The number of halogens is 2. The predicted octanol–water partition coefficient (Wildman–Crippen LogP) is -0.680. The average Bonchev–Trinajstić information content (AvgIpc) is 3.20. The molecule has 0 amide bonds. The number of hydrogen-bond donors (Lipinski definition) is 0. The number of rotatable bonds is 4. The van der Waals surface area contributed by atoms with Gasteiger partial charge in [0.1, 0.15) is 0 Å². The molecule has 5 heteroatoms. The topological polar surface area (TPSA) is 0 Å². The fourth-order valence-corrected chi connectivity index (χ4v) is 10.2. The minimum atomic E-state index is -0.868. The summed E-state index contributed by atoms with van der Waals surface area (Å²) in [7, 11) is -1.74. The Labute approximate surface area is 200 Å². The molecular weight excluding hydrogens is 570 g/mol. The first-order valence-electron chi connectivity index (χ1n) is 10.0. The molecular formula is C22H34Cl2HfSi2. The zero-order chi connectivity index (χ0) is 17.2. The SMILES string of the molecule is CC[c-]1ccc([Si]2(C)CCC2)c1.CC[c-]1ccc([Si]2(C)CCC2)c1.[Cl-].[Cl-].[Hf+4]. The Balaban J connectivity index is 0.000000451. The summed E-state index contributed by atoms with van der Waals surface area (Å²) < 4.78 is 0. The van der Waals surface area contributed by atoms with Gasteiger partial charge in [-0.3, -0.25) is 0 Å². The smallest absolute Gasteiger partial charge is 1.00 e. The molecule has 0 aromatic heterocycles. The Bertz CT molecular complexity index is 611. The molecule has 2 aliphatic rings. The molecule has 27 heavy (non-hydrogen) atoms. The summed E-state index contributed by atoms with van der Waals surface area (Å²) in [6.45, 7) is 9.55. The van der Waals surface area contributed by atoms with E-state index in [9.17, 15) is 0 Å². The maximum atomic E-state index is 2.53.